The van der Waals surface area contributed by atoms with Gasteiger partial charge >= 0.3 is 0 Å². The van der Waals surface area contributed by atoms with E-state index < -0.39 is 5.54 Å². The Hall–Kier alpha value is -0.540. The first-order valence-electron chi connectivity index (χ1n) is 5.26. The van der Waals surface area contributed by atoms with Crippen LogP contribution in [-0.4, -0.2) is 0 Å². The van der Waals surface area contributed by atoms with Gasteiger partial charge in [0.1, 0.15) is 0 Å². The van der Waals surface area contributed by atoms with Crippen LogP contribution in [0.5, 0.6) is 0 Å². The lowest BCUT2D eigenvalue weighted by Gasteiger charge is -2.24. The summed E-state index contributed by atoms with van der Waals surface area (Å²) in [5, 5.41) is 0.711. The largest absolute Gasteiger partial charge is 0.321 e. The van der Waals surface area contributed by atoms with Crippen LogP contribution in [0, 0.1) is 0 Å². The van der Waals surface area contributed by atoms with Crippen LogP contribution in [-0.2, 0) is 12.0 Å². The van der Waals surface area contributed by atoms with Gasteiger partial charge in [-0.3, -0.25) is 0 Å². The van der Waals surface area contributed by atoms with Crippen molar-refractivity contribution in [1.29, 1.82) is 0 Å². The summed E-state index contributed by atoms with van der Waals surface area (Å²) in [7, 11) is 0. The lowest BCUT2D eigenvalue weighted by Crippen LogP contribution is -2.35. The van der Waals surface area contributed by atoms with Crippen molar-refractivity contribution < 1.29 is 0 Å². The minimum Gasteiger partial charge on any atom is -0.321 e. The van der Waals surface area contributed by atoms with E-state index in [2.05, 4.69) is 0 Å². The Morgan fingerprint density at radius 3 is 2.59 bits per heavy atom. The molecule has 1 heterocycles. The molecule has 17 heavy (non-hydrogen) atoms. The van der Waals surface area contributed by atoms with Crippen molar-refractivity contribution in [2.24, 2.45) is 5.73 Å². The van der Waals surface area contributed by atoms with E-state index >= 15 is 0 Å². The molecule has 1 atom stereocenters. The molecule has 0 aliphatic heterocycles. The number of hydrogen-bond donors (Lipinski definition) is 1. The van der Waals surface area contributed by atoms with E-state index in [-0.39, 0.29) is 0 Å². The fourth-order valence-corrected chi connectivity index (χ4v) is 3.20. The first kappa shape index (κ1) is 12.9. The Morgan fingerprint density at radius 2 is 2.00 bits per heavy atom. The molecule has 1 aromatic carbocycles. The summed E-state index contributed by atoms with van der Waals surface area (Å²) in [6.45, 7) is 2.01. The predicted molar refractivity (Wildman–Crippen MR) is 76.0 cm³/mol. The maximum absolute atomic E-state index is 6.35. The standard InChI is InChI=1S/C13H13Cl2NS/c1-13(16,8-11-5-6-12(15)17-11)9-3-2-4-10(14)7-9/h2-7H,8,16H2,1H3. The average molecular weight is 286 g/mol. The Kier molecular flexibility index (Phi) is 3.79. The van der Waals surface area contributed by atoms with Crippen molar-refractivity contribution in [3.05, 3.63) is 56.2 Å². The molecule has 0 saturated heterocycles. The van der Waals surface area contributed by atoms with Crippen LogP contribution in [0.2, 0.25) is 9.36 Å². The zero-order chi connectivity index (χ0) is 12.5. The van der Waals surface area contributed by atoms with Gasteiger partial charge in [0.15, 0.2) is 0 Å². The topological polar surface area (TPSA) is 26.0 Å². The molecule has 1 aromatic heterocycles. The highest BCUT2D eigenvalue weighted by Gasteiger charge is 2.22. The summed E-state index contributed by atoms with van der Waals surface area (Å²) >= 11 is 13.5. The van der Waals surface area contributed by atoms with E-state index in [9.17, 15) is 0 Å². The quantitative estimate of drug-likeness (QED) is 0.885. The Morgan fingerprint density at radius 1 is 1.24 bits per heavy atom. The summed E-state index contributed by atoms with van der Waals surface area (Å²) in [5.74, 6) is 0. The number of halogens is 2. The van der Waals surface area contributed by atoms with Crippen molar-refractivity contribution in [2.75, 3.05) is 0 Å². The summed E-state index contributed by atoms with van der Waals surface area (Å²) in [4.78, 5) is 1.18. The molecule has 0 spiro atoms. The smallest absolute Gasteiger partial charge is 0.0931 e. The lowest BCUT2D eigenvalue weighted by molar-refractivity contribution is 0.495. The van der Waals surface area contributed by atoms with Crippen LogP contribution in [0.15, 0.2) is 36.4 Å². The van der Waals surface area contributed by atoms with E-state index in [1.807, 2.05) is 43.3 Å². The summed E-state index contributed by atoms with van der Waals surface area (Å²) in [6, 6.07) is 11.6. The van der Waals surface area contributed by atoms with Gasteiger partial charge in [0.05, 0.1) is 4.34 Å². The second kappa shape index (κ2) is 4.99. The average Bonchev–Trinajstić information content (AvgIpc) is 2.63. The van der Waals surface area contributed by atoms with E-state index in [4.69, 9.17) is 28.9 Å². The van der Waals surface area contributed by atoms with Crippen LogP contribution in [0.1, 0.15) is 17.4 Å². The lowest BCUT2D eigenvalue weighted by atomic mass is 9.89. The molecule has 4 heteroatoms. The maximum Gasteiger partial charge on any atom is 0.0931 e. The van der Waals surface area contributed by atoms with E-state index in [1.54, 1.807) is 11.3 Å². The predicted octanol–water partition coefficient (Wildman–Crippen LogP) is 4.47. The van der Waals surface area contributed by atoms with Crippen molar-refractivity contribution in [2.45, 2.75) is 18.9 Å². The highest BCUT2D eigenvalue weighted by Crippen LogP contribution is 2.29. The molecular weight excluding hydrogens is 273 g/mol. The summed E-state index contributed by atoms with van der Waals surface area (Å²) < 4.78 is 0.793. The summed E-state index contributed by atoms with van der Waals surface area (Å²) in [6.07, 6.45) is 0.755. The zero-order valence-electron chi connectivity index (χ0n) is 9.41. The van der Waals surface area contributed by atoms with Gasteiger partial charge in [0.25, 0.3) is 0 Å². The molecule has 90 valence electrons. The molecule has 2 N–H and O–H groups in total. The van der Waals surface area contributed by atoms with Crippen LogP contribution in [0.4, 0.5) is 0 Å². The van der Waals surface area contributed by atoms with Crippen LogP contribution >= 0.6 is 34.5 Å². The zero-order valence-corrected chi connectivity index (χ0v) is 11.7. The first-order chi connectivity index (χ1) is 7.97. The molecule has 0 bridgehead atoms. The summed E-state index contributed by atoms with van der Waals surface area (Å²) in [5.41, 5.74) is 6.96. The Balaban J connectivity index is 2.24. The molecule has 0 saturated carbocycles. The fourth-order valence-electron chi connectivity index (χ4n) is 1.75. The fraction of sp³-hybridized carbons (Fsp3) is 0.231. The van der Waals surface area contributed by atoms with Gasteiger partial charge in [-0.25, -0.2) is 0 Å². The highest BCUT2D eigenvalue weighted by molar-refractivity contribution is 7.16. The monoisotopic (exact) mass is 285 g/mol. The van der Waals surface area contributed by atoms with Gasteiger partial charge in [0, 0.05) is 21.9 Å². The van der Waals surface area contributed by atoms with Gasteiger partial charge in [-0.05, 0) is 36.8 Å². The Labute approximate surface area is 115 Å². The third-order valence-electron chi connectivity index (χ3n) is 2.65. The van der Waals surface area contributed by atoms with Crippen molar-refractivity contribution in [1.82, 2.24) is 0 Å². The molecule has 1 nitrogen and oxygen atoms in total. The van der Waals surface area contributed by atoms with Crippen molar-refractivity contribution >= 4 is 34.5 Å². The number of rotatable bonds is 3. The highest BCUT2D eigenvalue weighted by atomic mass is 35.5. The first-order valence-corrected chi connectivity index (χ1v) is 6.84. The Bertz CT molecular complexity index is 520. The van der Waals surface area contributed by atoms with Gasteiger partial charge < -0.3 is 5.73 Å². The molecular formula is C13H13Cl2NS. The van der Waals surface area contributed by atoms with Gasteiger partial charge in [-0.1, -0.05) is 35.3 Å². The minimum absolute atomic E-state index is 0.431. The second-order valence-corrected chi connectivity index (χ2v) is 6.55. The van der Waals surface area contributed by atoms with E-state index in [0.717, 1.165) is 16.3 Å². The number of hydrogen-bond acceptors (Lipinski definition) is 2. The molecule has 0 aliphatic carbocycles. The minimum atomic E-state index is -0.431. The second-order valence-electron chi connectivity index (χ2n) is 4.31. The van der Waals surface area contributed by atoms with Crippen LogP contribution in [0.3, 0.4) is 0 Å². The number of benzene rings is 1. The van der Waals surface area contributed by atoms with Crippen molar-refractivity contribution in [3.8, 4) is 0 Å². The molecule has 0 aliphatic rings. The van der Waals surface area contributed by atoms with Gasteiger partial charge in [-0.2, -0.15) is 0 Å². The van der Waals surface area contributed by atoms with Gasteiger partial charge in [0.2, 0.25) is 0 Å². The SMILES string of the molecule is CC(N)(Cc1ccc(Cl)s1)c1cccc(Cl)c1. The van der Waals surface area contributed by atoms with Crippen LogP contribution < -0.4 is 5.73 Å². The molecule has 0 radical (unpaired) electrons. The van der Waals surface area contributed by atoms with E-state index in [1.165, 1.54) is 4.88 Å². The van der Waals surface area contributed by atoms with E-state index in [0.29, 0.717) is 5.02 Å². The maximum atomic E-state index is 6.35. The normalized spacial score (nSPS) is 14.6. The number of nitrogens with two attached hydrogens (primary N) is 1. The molecule has 0 amide bonds. The third-order valence-corrected chi connectivity index (χ3v) is 4.12. The third kappa shape index (κ3) is 3.23. The van der Waals surface area contributed by atoms with Crippen molar-refractivity contribution in [3.63, 3.8) is 0 Å². The molecule has 2 aromatic rings. The van der Waals surface area contributed by atoms with Crippen LogP contribution in [0.25, 0.3) is 0 Å². The molecule has 1 unspecified atom stereocenters. The molecule has 0 fully saturated rings. The van der Waals surface area contributed by atoms with Gasteiger partial charge in [-0.15, -0.1) is 11.3 Å². The molecule has 2 rings (SSSR count). The number of thiophene rings is 1.